The molecule has 0 aromatic heterocycles. The van der Waals surface area contributed by atoms with Gasteiger partial charge in [0.05, 0.1) is 28.8 Å². The van der Waals surface area contributed by atoms with E-state index in [0.717, 1.165) is 0 Å². The van der Waals surface area contributed by atoms with Crippen molar-refractivity contribution in [3.8, 4) is 0 Å². The van der Waals surface area contributed by atoms with Gasteiger partial charge in [-0.15, -0.1) is 0 Å². The molecular formula is C16H16Cl2F2O4. The van der Waals surface area contributed by atoms with Crippen LogP contribution in [0.15, 0.2) is 17.4 Å². The first-order chi connectivity index (χ1) is 11.3. The number of carbonyl (C=O) groups is 2. The lowest BCUT2D eigenvalue weighted by molar-refractivity contribution is -0.138. The Morgan fingerprint density at radius 3 is 2.17 bits per heavy atom. The van der Waals surface area contributed by atoms with Crippen LogP contribution in [0.2, 0.25) is 10.0 Å². The lowest BCUT2D eigenvalue weighted by Crippen LogP contribution is -2.21. The van der Waals surface area contributed by atoms with Crippen LogP contribution in [0.3, 0.4) is 0 Å². The van der Waals surface area contributed by atoms with E-state index in [1.165, 1.54) is 0 Å². The minimum absolute atomic E-state index is 0.00627. The molecule has 0 unspecified atom stereocenters. The molecule has 1 aromatic carbocycles. The predicted molar refractivity (Wildman–Crippen MR) is 86.3 cm³/mol. The van der Waals surface area contributed by atoms with Gasteiger partial charge in [-0.2, -0.15) is 0 Å². The molecule has 0 atom stereocenters. The summed E-state index contributed by atoms with van der Waals surface area (Å²) < 4.78 is 38.1. The van der Waals surface area contributed by atoms with E-state index < -0.39 is 44.6 Å². The third kappa shape index (κ3) is 4.24. The summed E-state index contributed by atoms with van der Waals surface area (Å²) in [6, 6.07) is 0.616. The number of allylic oxidation sites excluding steroid dienone is 1. The average Bonchev–Trinajstić information content (AvgIpc) is 2.52. The van der Waals surface area contributed by atoms with Crippen LogP contribution in [-0.4, -0.2) is 25.0 Å². The number of esters is 1. The van der Waals surface area contributed by atoms with Gasteiger partial charge in [-0.3, -0.25) is 4.79 Å². The lowest BCUT2D eigenvalue weighted by atomic mass is 10.0. The SMILES string of the molecule is CCOC(=O)C(C(=O)c1c(F)cc(Cl)c(F)c1Cl)=C(CC)OCC. The van der Waals surface area contributed by atoms with Crippen LogP contribution < -0.4 is 0 Å². The third-order valence-electron chi connectivity index (χ3n) is 2.97. The van der Waals surface area contributed by atoms with Crippen molar-refractivity contribution in [1.29, 1.82) is 0 Å². The Balaban J connectivity index is 3.59. The molecule has 4 nitrogen and oxygen atoms in total. The van der Waals surface area contributed by atoms with Gasteiger partial charge in [-0.25, -0.2) is 13.6 Å². The normalized spacial score (nSPS) is 11.8. The maximum absolute atomic E-state index is 14.1. The van der Waals surface area contributed by atoms with E-state index in [0.29, 0.717) is 6.07 Å². The largest absolute Gasteiger partial charge is 0.497 e. The van der Waals surface area contributed by atoms with E-state index >= 15 is 0 Å². The fraction of sp³-hybridized carbons (Fsp3) is 0.375. The van der Waals surface area contributed by atoms with Gasteiger partial charge in [-0.1, -0.05) is 30.1 Å². The quantitative estimate of drug-likeness (QED) is 0.100. The van der Waals surface area contributed by atoms with Crippen molar-refractivity contribution in [2.45, 2.75) is 27.2 Å². The smallest absolute Gasteiger partial charge is 0.345 e. The molecule has 0 bridgehead atoms. The zero-order valence-electron chi connectivity index (χ0n) is 13.3. The van der Waals surface area contributed by atoms with Crippen molar-refractivity contribution in [1.82, 2.24) is 0 Å². The number of ketones is 1. The monoisotopic (exact) mass is 380 g/mol. The van der Waals surface area contributed by atoms with Gasteiger partial charge < -0.3 is 9.47 Å². The van der Waals surface area contributed by atoms with Gasteiger partial charge in [0.2, 0.25) is 5.78 Å². The van der Waals surface area contributed by atoms with Crippen LogP contribution in [0, 0.1) is 11.6 Å². The molecule has 0 spiro atoms. The van der Waals surface area contributed by atoms with Crippen molar-refractivity contribution < 1.29 is 27.8 Å². The van der Waals surface area contributed by atoms with Gasteiger partial charge in [0, 0.05) is 6.42 Å². The summed E-state index contributed by atoms with van der Waals surface area (Å²) in [5.74, 6) is -4.42. The van der Waals surface area contributed by atoms with Gasteiger partial charge in [-0.05, 0) is 19.9 Å². The van der Waals surface area contributed by atoms with Crippen LogP contribution in [-0.2, 0) is 14.3 Å². The van der Waals surface area contributed by atoms with Gasteiger partial charge >= 0.3 is 5.97 Å². The minimum atomic E-state index is -1.15. The topological polar surface area (TPSA) is 52.6 Å². The van der Waals surface area contributed by atoms with E-state index in [1.807, 2.05) is 0 Å². The van der Waals surface area contributed by atoms with E-state index in [2.05, 4.69) is 0 Å². The minimum Gasteiger partial charge on any atom is -0.497 e. The molecule has 0 aliphatic heterocycles. The Hall–Kier alpha value is -1.66. The van der Waals surface area contributed by atoms with Gasteiger partial charge in [0.15, 0.2) is 5.82 Å². The Labute approximate surface area is 148 Å². The standard InChI is InChI=1S/C16H16Cl2F2O4/c1-4-10(23-5-2)12(16(22)24-6-3)15(21)11-9(19)7-8(17)14(20)13(11)18/h7H,4-6H2,1-3H3. The molecule has 0 N–H and O–H groups in total. The first kappa shape index (κ1) is 20.4. The van der Waals surface area contributed by atoms with E-state index in [4.69, 9.17) is 32.7 Å². The summed E-state index contributed by atoms with van der Waals surface area (Å²) in [6.07, 6.45) is 0.170. The fourth-order valence-electron chi connectivity index (χ4n) is 1.96. The molecule has 0 heterocycles. The zero-order chi connectivity index (χ0) is 18.4. The number of hydrogen-bond donors (Lipinski definition) is 0. The first-order valence-electron chi connectivity index (χ1n) is 7.20. The second kappa shape index (κ2) is 8.99. The van der Waals surface area contributed by atoms with Crippen LogP contribution in [0.1, 0.15) is 37.6 Å². The van der Waals surface area contributed by atoms with Gasteiger partial charge in [0.1, 0.15) is 17.1 Å². The number of rotatable bonds is 7. The second-order valence-corrected chi connectivity index (χ2v) is 5.26. The molecule has 0 amide bonds. The molecule has 0 saturated heterocycles. The second-order valence-electron chi connectivity index (χ2n) is 4.48. The lowest BCUT2D eigenvalue weighted by Gasteiger charge is -2.14. The molecule has 24 heavy (non-hydrogen) atoms. The van der Waals surface area contributed by atoms with E-state index in [-0.39, 0.29) is 25.4 Å². The van der Waals surface area contributed by atoms with Crippen molar-refractivity contribution >= 4 is 35.0 Å². The molecule has 0 fully saturated rings. The van der Waals surface area contributed by atoms with Crippen molar-refractivity contribution in [3.63, 3.8) is 0 Å². The zero-order valence-corrected chi connectivity index (χ0v) is 14.9. The van der Waals surface area contributed by atoms with Crippen molar-refractivity contribution in [2.24, 2.45) is 0 Å². The molecule has 0 radical (unpaired) electrons. The number of ether oxygens (including phenoxy) is 2. The average molecular weight is 381 g/mol. The fourth-order valence-corrected chi connectivity index (χ4v) is 2.48. The summed E-state index contributed by atoms with van der Waals surface area (Å²) >= 11 is 11.2. The number of halogens is 4. The summed E-state index contributed by atoms with van der Waals surface area (Å²) in [4.78, 5) is 24.8. The Bertz CT molecular complexity index is 687. The van der Waals surface area contributed by atoms with E-state index in [1.54, 1.807) is 20.8 Å². The molecular weight excluding hydrogens is 365 g/mol. The highest BCUT2D eigenvalue weighted by Crippen LogP contribution is 2.31. The molecule has 1 rings (SSSR count). The van der Waals surface area contributed by atoms with Gasteiger partial charge in [0.25, 0.3) is 0 Å². The Morgan fingerprint density at radius 1 is 1.08 bits per heavy atom. The summed E-state index contributed by atoms with van der Waals surface area (Å²) in [5, 5.41) is -1.38. The summed E-state index contributed by atoms with van der Waals surface area (Å²) in [7, 11) is 0. The Kier molecular flexibility index (Phi) is 7.63. The Morgan fingerprint density at radius 2 is 1.67 bits per heavy atom. The van der Waals surface area contributed by atoms with Crippen LogP contribution in [0.4, 0.5) is 8.78 Å². The molecule has 1 aromatic rings. The number of hydrogen-bond acceptors (Lipinski definition) is 4. The molecule has 0 aliphatic carbocycles. The molecule has 0 aliphatic rings. The summed E-state index contributed by atoms with van der Waals surface area (Å²) in [5.41, 5.74) is -1.32. The first-order valence-corrected chi connectivity index (χ1v) is 7.96. The van der Waals surface area contributed by atoms with Crippen LogP contribution in [0.25, 0.3) is 0 Å². The predicted octanol–water partition coefficient (Wildman–Crippen LogP) is 4.72. The van der Waals surface area contributed by atoms with Crippen LogP contribution in [0.5, 0.6) is 0 Å². The molecule has 8 heteroatoms. The number of Topliss-reactive ketones (excluding diaryl/α,β-unsaturated/α-hetero) is 1. The molecule has 0 saturated carbocycles. The highest BCUT2D eigenvalue weighted by molar-refractivity contribution is 6.39. The molecule has 132 valence electrons. The van der Waals surface area contributed by atoms with Crippen molar-refractivity contribution in [2.75, 3.05) is 13.2 Å². The summed E-state index contributed by atoms with van der Waals surface area (Å²) in [6.45, 7) is 4.99. The van der Waals surface area contributed by atoms with Crippen LogP contribution >= 0.6 is 23.2 Å². The van der Waals surface area contributed by atoms with Crippen molar-refractivity contribution in [3.05, 3.63) is 44.6 Å². The maximum atomic E-state index is 14.1. The third-order valence-corrected chi connectivity index (χ3v) is 3.60. The highest BCUT2D eigenvalue weighted by Gasteiger charge is 2.31. The van der Waals surface area contributed by atoms with E-state index in [9.17, 15) is 18.4 Å². The maximum Gasteiger partial charge on any atom is 0.345 e. The highest BCUT2D eigenvalue weighted by atomic mass is 35.5. The number of carbonyl (C=O) groups excluding carboxylic acids is 2. The number of benzene rings is 1.